The maximum atomic E-state index is 10.7. The number of rotatable bonds is 13. The Hall–Kier alpha value is -0.540. The monoisotopic (exact) mass is 376 g/mol. The zero-order valence-electron chi connectivity index (χ0n) is 17.6. The number of hydrogen-bond donors (Lipinski definition) is 1. The van der Waals surface area contributed by atoms with Crippen molar-refractivity contribution in [2.75, 3.05) is 14.1 Å². The van der Waals surface area contributed by atoms with Gasteiger partial charge in [-0.1, -0.05) is 84.6 Å². The van der Waals surface area contributed by atoms with E-state index in [1.165, 1.54) is 81.9 Å². The molecule has 0 aromatic carbocycles. The molecule has 0 saturated carbocycles. The molecule has 2 N–H and O–H groups in total. The molecule has 4 heteroatoms. The second-order valence-electron chi connectivity index (χ2n) is 7.15. The molecule has 0 radical (unpaired) electrons. The van der Waals surface area contributed by atoms with Crippen molar-refractivity contribution in [3.05, 3.63) is 12.2 Å². The summed E-state index contributed by atoms with van der Waals surface area (Å²) in [6, 6.07) is 0.467. The fraction of sp³-hybridized carbons (Fsp3) is 0.857. The first-order valence-electron chi connectivity index (χ1n) is 9.99. The number of unbranched alkanes of at least 4 members (excludes halogenated alkanes) is 8. The molecule has 0 spiro atoms. The SMILES string of the molecule is C=C(C)C(=O)N(C)C.CCCCCCCCCCCC(N)CCC.Cl. The highest BCUT2D eigenvalue weighted by Crippen LogP contribution is 2.11. The lowest BCUT2D eigenvalue weighted by Crippen LogP contribution is -2.21. The molecule has 0 aromatic heterocycles. The predicted molar refractivity (Wildman–Crippen MR) is 115 cm³/mol. The van der Waals surface area contributed by atoms with Crippen molar-refractivity contribution >= 4 is 18.3 Å². The minimum Gasteiger partial charge on any atom is -0.345 e. The largest absolute Gasteiger partial charge is 0.345 e. The minimum absolute atomic E-state index is 0. The van der Waals surface area contributed by atoms with Gasteiger partial charge in [0.2, 0.25) is 5.91 Å². The predicted octanol–water partition coefficient (Wildman–Crippen LogP) is 6.11. The third-order valence-corrected chi connectivity index (χ3v) is 4.11. The Balaban J connectivity index is -0.000000457. The van der Waals surface area contributed by atoms with Gasteiger partial charge in [0.25, 0.3) is 0 Å². The van der Waals surface area contributed by atoms with Gasteiger partial charge in [-0.05, 0) is 19.8 Å². The van der Waals surface area contributed by atoms with E-state index >= 15 is 0 Å². The van der Waals surface area contributed by atoms with E-state index in [1.54, 1.807) is 21.0 Å². The molecular weight excluding hydrogens is 332 g/mol. The van der Waals surface area contributed by atoms with Crippen LogP contribution in [0.1, 0.15) is 97.8 Å². The minimum atomic E-state index is -0.00926. The number of carbonyl (C=O) groups excluding carboxylic acids is 1. The van der Waals surface area contributed by atoms with Crippen LogP contribution in [0, 0.1) is 0 Å². The van der Waals surface area contributed by atoms with Crippen molar-refractivity contribution in [3.63, 3.8) is 0 Å². The Bertz CT molecular complexity index is 306. The average molecular weight is 377 g/mol. The van der Waals surface area contributed by atoms with Crippen molar-refractivity contribution in [3.8, 4) is 0 Å². The summed E-state index contributed by atoms with van der Waals surface area (Å²) in [6.07, 6.45) is 16.4. The molecule has 152 valence electrons. The van der Waals surface area contributed by atoms with E-state index in [1.807, 2.05) is 0 Å². The molecule has 1 unspecified atom stereocenters. The van der Waals surface area contributed by atoms with Crippen LogP contribution in [0.3, 0.4) is 0 Å². The fourth-order valence-corrected chi connectivity index (χ4v) is 2.61. The van der Waals surface area contributed by atoms with Crippen molar-refractivity contribution in [1.29, 1.82) is 0 Å². The number of hydrogen-bond acceptors (Lipinski definition) is 2. The Kier molecular flexibility index (Phi) is 25.1. The molecule has 0 aromatic rings. The third kappa shape index (κ3) is 23.5. The Labute approximate surface area is 164 Å². The van der Waals surface area contributed by atoms with E-state index in [-0.39, 0.29) is 18.3 Å². The van der Waals surface area contributed by atoms with Crippen LogP contribution in [0.5, 0.6) is 0 Å². The molecule has 0 saturated heterocycles. The lowest BCUT2D eigenvalue weighted by atomic mass is 10.0. The molecule has 0 heterocycles. The summed E-state index contributed by atoms with van der Waals surface area (Å²) >= 11 is 0. The first-order chi connectivity index (χ1) is 11.4. The number of carbonyl (C=O) groups is 1. The number of nitrogens with zero attached hydrogens (tertiary/aromatic N) is 1. The van der Waals surface area contributed by atoms with Gasteiger partial charge in [0.1, 0.15) is 0 Å². The zero-order valence-corrected chi connectivity index (χ0v) is 18.4. The summed E-state index contributed by atoms with van der Waals surface area (Å²) in [5.74, 6) is -0.00926. The molecule has 0 rings (SSSR count). The molecule has 0 bridgehead atoms. The standard InChI is InChI=1S/C15H33N.C6H11NO.ClH/c1-3-5-6-7-8-9-10-11-12-14-15(16)13-4-2;1-5(2)6(8)7(3)4;/h15H,3-14,16H2,1-2H3;1H2,2-4H3;1H. The summed E-state index contributed by atoms with van der Waals surface area (Å²) < 4.78 is 0. The van der Waals surface area contributed by atoms with Crippen LogP contribution in [0.4, 0.5) is 0 Å². The first-order valence-corrected chi connectivity index (χ1v) is 9.99. The van der Waals surface area contributed by atoms with Gasteiger partial charge in [-0.2, -0.15) is 0 Å². The van der Waals surface area contributed by atoms with Crippen LogP contribution in [0.25, 0.3) is 0 Å². The summed E-state index contributed by atoms with van der Waals surface area (Å²) in [6.45, 7) is 9.68. The van der Waals surface area contributed by atoms with E-state index in [2.05, 4.69) is 20.4 Å². The molecule has 25 heavy (non-hydrogen) atoms. The maximum Gasteiger partial charge on any atom is 0.248 e. The first kappa shape index (κ1) is 29.2. The normalized spacial score (nSPS) is 11.0. The third-order valence-electron chi connectivity index (χ3n) is 4.11. The second kappa shape index (κ2) is 21.5. The summed E-state index contributed by atoms with van der Waals surface area (Å²) in [4.78, 5) is 12.2. The maximum absolute atomic E-state index is 10.7. The van der Waals surface area contributed by atoms with E-state index in [9.17, 15) is 4.79 Å². The van der Waals surface area contributed by atoms with Crippen molar-refractivity contribution < 1.29 is 4.79 Å². The molecule has 0 aliphatic heterocycles. The Morgan fingerprint density at radius 1 is 0.880 bits per heavy atom. The van der Waals surface area contributed by atoms with Gasteiger partial charge >= 0.3 is 0 Å². The molecular formula is C21H45ClN2O. The number of amides is 1. The number of likely N-dealkylation sites (N-methyl/N-ethyl adjacent to an activating group) is 1. The van der Waals surface area contributed by atoms with Gasteiger partial charge < -0.3 is 10.6 Å². The van der Waals surface area contributed by atoms with Gasteiger partial charge in [-0.3, -0.25) is 4.79 Å². The van der Waals surface area contributed by atoms with Crippen LogP contribution in [0.2, 0.25) is 0 Å². The van der Waals surface area contributed by atoms with Crippen LogP contribution < -0.4 is 5.73 Å². The lowest BCUT2D eigenvalue weighted by Gasteiger charge is -2.09. The highest BCUT2D eigenvalue weighted by molar-refractivity contribution is 5.91. The van der Waals surface area contributed by atoms with Gasteiger partial charge in [0.15, 0.2) is 0 Å². The topological polar surface area (TPSA) is 46.3 Å². The van der Waals surface area contributed by atoms with Crippen LogP contribution in [-0.4, -0.2) is 30.9 Å². The summed E-state index contributed by atoms with van der Waals surface area (Å²) in [7, 11) is 3.41. The van der Waals surface area contributed by atoms with Gasteiger partial charge in [0, 0.05) is 25.7 Å². The van der Waals surface area contributed by atoms with Gasteiger partial charge in [-0.25, -0.2) is 0 Å². The Morgan fingerprint density at radius 3 is 1.64 bits per heavy atom. The summed E-state index contributed by atoms with van der Waals surface area (Å²) in [5.41, 5.74) is 6.56. The van der Waals surface area contributed by atoms with E-state index in [0.717, 1.165) is 0 Å². The molecule has 0 aliphatic carbocycles. The molecule has 0 fully saturated rings. The highest BCUT2D eigenvalue weighted by atomic mass is 35.5. The second-order valence-corrected chi connectivity index (χ2v) is 7.15. The van der Waals surface area contributed by atoms with Crippen LogP contribution in [-0.2, 0) is 4.79 Å². The van der Waals surface area contributed by atoms with E-state index in [0.29, 0.717) is 11.6 Å². The highest BCUT2D eigenvalue weighted by Gasteiger charge is 2.01. The summed E-state index contributed by atoms with van der Waals surface area (Å²) in [5, 5.41) is 0. The smallest absolute Gasteiger partial charge is 0.248 e. The van der Waals surface area contributed by atoms with E-state index in [4.69, 9.17) is 5.73 Å². The lowest BCUT2D eigenvalue weighted by molar-refractivity contribution is -0.124. The van der Waals surface area contributed by atoms with Crippen molar-refractivity contribution in [2.24, 2.45) is 5.73 Å². The van der Waals surface area contributed by atoms with Crippen molar-refractivity contribution in [2.45, 2.75) is 104 Å². The van der Waals surface area contributed by atoms with Crippen LogP contribution in [0.15, 0.2) is 12.2 Å². The van der Waals surface area contributed by atoms with Crippen LogP contribution >= 0.6 is 12.4 Å². The number of nitrogens with two attached hydrogens (primary N) is 1. The molecule has 0 aliphatic rings. The molecule has 3 nitrogen and oxygen atoms in total. The molecule has 1 atom stereocenters. The average Bonchev–Trinajstić information content (AvgIpc) is 2.53. The van der Waals surface area contributed by atoms with Crippen molar-refractivity contribution in [1.82, 2.24) is 4.90 Å². The fourth-order valence-electron chi connectivity index (χ4n) is 2.61. The quantitative estimate of drug-likeness (QED) is 0.311. The Morgan fingerprint density at radius 2 is 1.32 bits per heavy atom. The number of halogens is 1. The zero-order chi connectivity index (χ0) is 18.8. The van der Waals surface area contributed by atoms with E-state index < -0.39 is 0 Å². The van der Waals surface area contributed by atoms with Gasteiger partial charge in [0.05, 0.1) is 0 Å². The van der Waals surface area contributed by atoms with Gasteiger partial charge in [-0.15, -0.1) is 12.4 Å². The molecule has 1 amide bonds.